The molecular formula is C16H24BNO4. The van der Waals surface area contributed by atoms with E-state index in [9.17, 15) is 14.8 Å². The van der Waals surface area contributed by atoms with Crippen LogP contribution in [0.15, 0.2) is 24.3 Å². The molecular weight excluding hydrogens is 281 g/mol. The second-order valence-electron chi connectivity index (χ2n) is 6.90. The third-order valence-corrected chi connectivity index (χ3v) is 3.71. The van der Waals surface area contributed by atoms with Crippen LogP contribution in [0, 0.1) is 5.92 Å². The molecule has 0 bridgehead atoms. The van der Waals surface area contributed by atoms with Crippen molar-refractivity contribution in [2.24, 2.45) is 5.92 Å². The quantitative estimate of drug-likeness (QED) is 0.822. The maximum atomic E-state index is 12.0. The topological polar surface area (TPSA) is 70.0 Å². The Kier molecular flexibility index (Phi) is 5.14. The maximum absolute atomic E-state index is 12.0. The van der Waals surface area contributed by atoms with Crippen molar-refractivity contribution in [1.82, 2.24) is 4.90 Å². The fraction of sp³-hybridized carbons (Fsp3) is 0.562. The molecule has 2 N–H and O–H groups in total. The summed E-state index contributed by atoms with van der Waals surface area (Å²) in [5.74, 6) is 0.374. The summed E-state index contributed by atoms with van der Waals surface area (Å²) < 4.78 is 5.39. The average molecular weight is 305 g/mol. The highest BCUT2D eigenvalue weighted by molar-refractivity contribution is 6.58. The monoisotopic (exact) mass is 305 g/mol. The summed E-state index contributed by atoms with van der Waals surface area (Å²) in [6, 6.07) is 7.29. The molecule has 2 rings (SSSR count). The first kappa shape index (κ1) is 16.8. The van der Waals surface area contributed by atoms with Crippen molar-refractivity contribution < 1.29 is 19.6 Å². The van der Waals surface area contributed by atoms with E-state index >= 15 is 0 Å². The van der Waals surface area contributed by atoms with Gasteiger partial charge in [0, 0.05) is 13.1 Å². The molecule has 0 radical (unpaired) electrons. The molecule has 120 valence electrons. The minimum atomic E-state index is -1.44. The summed E-state index contributed by atoms with van der Waals surface area (Å²) in [6.45, 7) is 6.99. The molecule has 6 heteroatoms. The van der Waals surface area contributed by atoms with Crippen molar-refractivity contribution in [3.8, 4) is 0 Å². The molecule has 1 aliphatic rings. The first-order valence-corrected chi connectivity index (χ1v) is 7.67. The Morgan fingerprint density at radius 3 is 2.77 bits per heavy atom. The Bertz CT molecular complexity index is 527. The SMILES string of the molecule is CC(C)(C)OC(=O)N1CCC(Cc2cccc(B(O)O)c2)C1. The number of likely N-dealkylation sites (tertiary alicyclic amines) is 1. The van der Waals surface area contributed by atoms with Crippen molar-refractivity contribution in [3.63, 3.8) is 0 Å². The molecule has 0 saturated carbocycles. The van der Waals surface area contributed by atoms with Crippen LogP contribution >= 0.6 is 0 Å². The molecule has 1 fully saturated rings. The lowest BCUT2D eigenvalue weighted by Gasteiger charge is -2.24. The minimum absolute atomic E-state index is 0.255. The van der Waals surface area contributed by atoms with E-state index in [-0.39, 0.29) is 6.09 Å². The van der Waals surface area contributed by atoms with Crippen molar-refractivity contribution in [2.45, 2.75) is 39.2 Å². The number of carbonyl (C=O) groups excluding carboxylic acids is 1. The molecule has 5 nitrogen and oxygen atoms in total. The molecule has 0 aliphatic carbocycles. The first-order chi connectivity index (χ1) is 10.2. The van der Waals surface area contributed by atoms with Crippen LogP contribution in [0.3, 0.4) is 0 Å². The normalized spacial score (nSPS) is 18.4. The van der Waals surface area contributed by atoms with Crippen molar-refractivity contribution in [3.05, 3.63) is 29.8 Å². The third kappa shape index (κ3) is 4.75. The standard InChI is InChI=1S/C16H24BNO4/c1-16(2,3)22-15(19)18-8-7-13(11-18)9-12-5-4-6-14(10-12)17(20)21/h4-6,10,13,20-21H,7-9,11H2,1-3H3. The number of hydrogen-bond acceptors (Lipinski definition) is 4. The lowest BCUT2D eigenvalue weighted by molar-refractivity contribution is 0.0288. The number of rotatable bonds is 3. The molecule has 0 spiro atoms. The van der Waals surface area contributed by atoms with Gasteiger partial charge in [0.2, 0.25) is 0 Å². The van der Waals surface area contributed by atoms with Crippen LogP contribution in [0.25, 0.3) is 0 Å². The number of ether oxygens (including phenoxy) is 1. The van der Waals surface area contributed by atoms with Crippen molar-refractivity contribution in [1.29, 1.82) is 0 Å². The van der Waals surface area contributed by atoms with Gasteiger partial charge in [0.1, 0.15) is 5.60 Å². The van der Waals surface area contributed by atoms with E-state index in [2.05, 4.69) is 0 Å². The fourth-order valence-corrected chi connectivity index (χ4v) is 2.71. The molecule has 1 unspecified atom stereocenters. The van der Waals surface area contributed by atoms with Crippen LogP contribution < -0.4 is 5.46 Å². The van der Waals surface area contributed by atoms with Gasteiger partial charge >= 0.3 is 13.2 Å². The molecule has 1 aromatic carbocycles. The maximum Gasteiger partial charge on any atom is 0.488 e. The third-order valence-electron chi connectivity index (χ3n) is 3.71. The summed E-state index contributed by atoms with van der Waals surface area (Å²) in [4.78, 5) is 13.8. The predicted molar refractivity (Wildman–Crippen MR) is 85.9 cm³/mol. The summed E-state index contributed by atoms with van der Waals surface area (Å²) in [5.41, 5.74) is 1.09. The number of hydrogen-bond donors (Lipinski definition) is 2. The molecule has 1 heterocycles. The van der Waals surface area contributed by atoms with Gasteiger partial charge in [0.25, 0.3) is 0 Å². The number of benzene rings is 1. The highest BCUT2D eigenvalue weighted by Gasteiger charge is 2.29. The second kappa shape index (κ2) is 6.71. The predicted octanol–water partition coefficient (Wildman–Crippen LogP) is 1.17. The van der Waals surface area contributed by atoms with E-state index in [1.165, 1.54) is 0 Å². The molecule has 1 atom stereocenters. The highest BCUT2D eigenvalue weighted by atomic mass is 16.6. The van der Waals surface area contributed by atoms with Crippen LogP contribution in [0.1, 0.15) is 32.8 Å². The molecule has 1 aromatic rings. The van der Waals surface area contributed by atoms with Gasteiger partial charge in [-0.3, -0.25) is 0 Å². The van der Waals surface area contributed by atoms with E-state index in [4.69, 9.17) is 4.74 Å². The van der Waals surface area contributed by atoms with Crippen molar-refractivity contribution >= 4 is 18.7 Å². The van der Waals surface area contributed by atoms with Crippen LogP contribution in [0.4, 0.5) is 4.79 Å². The summed E-state index contributed by atoms with van der Waals surface area (Å²) in [7, 11) is -1.44. The van der Waals surface area contributed by atoms with Gasteiger partial charge in [-0.1, -0.05) is 24.3 Å². The van der Waals surface area contributed by atoms with Gasteiger partial charge < -0.3 is 19.7 Å². The van der Waals surface area contributed by atoms with Gasteiger partial charge in [0.05, 0.1) is 0 Å². The molecule has 1 aliphatic heterocycles. The van der Waals surface area contributed by atoms with Gasteiger partial charge in [-0.2, -0.15) is 0 Å². The van der Waals surface area contributed by atoms with Gasteiger partial charge in [-0.05, 0) is 50.6 Å². The van der Waals surface area contributed by atoms with Gasteiger partial charge in [0.15, 0.2) is 0 Å². The van der Waals surface area contributed by atoms with Crippen LogP contribution in [0.2, 0.25) is 0 Å². The van der Waals surface area contributed by atoms with E-state index in [0.29, 0.717) is 24.5 Å². The zero-order chi connectivity index (χ0) is 16.3. The zero-order valence-corrected chi connectivity index (χ0v) is 13.5. The van der Waals surface area contributed by atoms with E-state index in [0.717, 1.165) is 18.4 Å². The number of amides is 1. The smallest absolute Gasteiger partial charge is 0.444 e. The average Bonchev–Trinajstić information content (AvgIpc) is 2.85. The lowest BCUT2D eigenvalue weighted by atomic mass is 9.79. The molecule has 22 heavy (non-hydrogen) atoms. The van der Waals surface area contributed by atoms with Gasteiger partial charge in [-0.15, -0.1) is 0 Å². The van der Waals surface area contributed by atoms with Gasteiger partial charge in [-0.25, -0.2) is 4.79 Å². The van der Waals surface area contributed by atoms with Crippen LogP contribution in [0.5, 0.6) is 0 Å². The molecule has 1 amide bonds. The zero-order valence-electron chi connectivity index (χ0n) is 13.5. The first-order valence-electron chi connectivity index (χ1n) is 7.67. The second-order valence-corrected chi connectivity index (χ2v) is 6.90. The van der Waals surface area contributed by atoms with E-state index < -0.39 is 12.7 Å². The summed E-state index contributed by atoms with van der Waals surface area (Å²) in [6.07, 6.45) is 1.50. The Morgan fingerprint density at radius 2 is 2.14 bits per heavy atom. The Labute approximate surface area is 132 Å². The lowest BCUT2D eigenvalue weighted by Crippen LogP contribution is -2.35. The van der Waals surface area contributed by atoms with E-state index in [1.807, 2.05) is 32.9 Å². The summed E-state index contributed by atoms with van der Waals surface area (Å²) in [5, 5.41) is 18.4. The fourth-order valence-electron chi connectivity index (χ4n) is 2.71. The Hall–Kier alpha value is -1.53. The van der Waals surface area contributed by atoms with Crippen LogP contribution in [-0.4, -0.2) is 46.9 Å². The molecule has 0 aromatic heterocycles. The van der Waals surface area contributed by atoms with Crippen LogP contribution in [-0.2, 0) is 11.2 Å². The largest absolute Gasteiger partial charge is 0.488 e. The minimum Gasteiger partial charge on any atom is -0.444 e. The van der Waals surface area contributed by atoms with E-state index in [1.54, 1.807) is 17.0 Å². The highest BCUT2D eigenvalue weighted by Crippen LogP contribution is 2.22. The Morgan fingerprint density at radius 1 is 1.41 bits per heavy atom. The number of nitrogens with zero attached hydrogens (tertiary/aromatic N) is 1. The number of carbonyl (C=O) groups is 1. The summed E-state index contributed by atoms with van der Waals surface area (Å²) >= 11 is 0. The Balaban J connectivity index is 1.91. The van der Waals surface area contributed by atoms with Crippen molar-refractivity contribution in [2.75, 3.05) is 13.1 Å². The molecule has 1 saturated heterocycles.